The molecule has 84 valence electrons. The number of rotatable bonds is 2. The summed E-state index contributed by atoms with van der Waals surface area (Å²) in [7, 11) is 0. The number of halogens is 1. The van der Waals surface area contributed by atoms with Gasteiger partial charge in [-0.05, 0) is 22.4 Å². The standard InChI is InChI=1S/C11H17BrN2O/c1-5-6-7-8(12)9(15)14-10(13-7)11(2,3)4/h5-6H2,1-4H3,(H,13,14,15). The van der Waals surface area contributed by atoms with Crippen LogP contribution in [0.2, 0.25) is 0 Å². The highest BCUT2D eigenvalue weighted by molar-refractivity contribution is 9.10. The maximum Gasteiger partial charge on any atom is 0.265 e. The zero-order valence-corrected chi connectivity index (χ0v) is 11.2. The van der Waals surface area contributed by atoms with E-state index in [2.05, 4.69) is 32.8 Å². The summed E-state index contributed by atoms with van der Waals surface area (Å²) in [5.74, 6) is 0.749. The van der Waals surface area contributed by atoms with Crippen LogP contribution >= 0.6 is 15.9 Å². The Hall–Kier alpha value is -0.640. The third-order valence-electron chi connectivity index (χ3n) is 2.13. The van der Waals surface area contributed by atoms with E-state index in [1.54, 1.807) is 0 Å². The monoisotopic (exact) mass is 272 g/mol. The Morgan fingerprint density at radius 2 is 2.00 bits per heavy atom. The maximum atomic E-state index is 11.6. The van der Waals surface area contributed by atoms with Crippen molar-refractivity contribution in [2.75, 3.05) is 0 Å². The number of H-pyrrole nitrogens is 1. The van der Waals surface area contributed by atoms with E-state index in [0.717, 1.165) is 24.4 Å². The lowest BCUT2D eigenvalue weighted by Gasteiger charge is -2.18. The fourth-order valence-corrected chi connectivity index (χ4v) is 1.65. The van der Waals surface area contributed by atoms with Crippen molar-refractivity contribution < 1.29 is 0 Å². The first-order valence-corrected chi connectivity index (χ1v) is 5.94. The van der Waals surface area contributed by atoms with E-state index in [0.29, 0.717) is 4.47 Å². The quantitative estimate of drug-likeness (QED) is 0.900. The Kier molecular flexibility index (Phi) is 3.71. The normalized spacial score (nSPS) is 11.8. The molecule has 1 rings (SSSR count). The van der Waals surface area contributed by atoms with Crippen LogP contribution in [0.25, 0.3) is 0 Å². The van der Waals surface area contributed by atoms with Gasteiger partial charge in [-0.15, -0.1) is 0 Å². The summed E-state index contributed by atoms with van der Waals surface area (Å²) in [6, 6.07) is 0. The SMILES string of the molecule is CCCc1nc(C(C)(C)C)[nH]c(=O)c1Br. The van der Waals surface area contributed by atoms with Gasteiger partial charge in [0.25, 0.3) is 5.56 Å². The molecule has 0 radical (unpaired) electrons. The molecule has 0 fully saturated rings. The Bertz CT molecular complexity index is 404. The number of aromatic amines is 1. The molecule has 0 bridgehead atoms. The summed E-state index contributed by atoms with van der Waals surface area (Å²) in [5, 5.41) is 0. The summed E-state index contributed by atoms with van der Waals surface area (Å²) in [5.41, 5.74) is 0.645. The second-order valence-electron chi connectivity index (χ2n) is 4.68. The summed E-state index contributed by atoms with van der Waals surface area (Å²) >= 11 is 3.28. The summed E-state index contributed by atoms with van der Waals surface area (Å²) in [6.45, 7) is 8.19. The van der Waals surface area contributed by atoms with Gasteiger partial charge in [0, 0.05) is 5.41 Å². The van der Waals surface area contributed by atoms with Crippen molar-refractivity contribution in [2.45, 2.75) is 46.0 Å². The molecule has 1 N–H and O–H groups in total. The Balaban J connectivity index is 3.30. The first kappa shape index (κ1) is 12.4. The molecule has 0 aliphatic carbocycles. The highest BCUT2D eigenvalue weighted by Gasteiger charge is 2.19. The van der Waals surface area contributed by atoms with Gasteiger partial charge < -0.3 is 4.98 Å². The van der Waals surface area contributed by atoms with Crippen LogP contribution in [0.3, 0.4) is 0 Å². The molecule has 1 aromatic heterocycles. The number of hydrogen-bond acceptors (Lipinski definition) is 2. The topological polar surface area (TPSA) is 45.8 Å². The zero-order chi connectivity index (χ0) is 11.6. The van der Waals surface area contributed by atoms with Crippen molar-refractivity contribution in [3.63, 3.8) is 0 Å². The minimum absolute atomic E-state index is 0.0848. The minimum atomic E-state index is -0.123. The van der Waals surface area contributed by atoms with Gasteiger partial charge in [0.05, 0.1) is 5.69 Å². The number of aromatic nitrogens is 2. The Morgan fingerprint density at radius 1 is 1.40 bits per heavy atom. The van der Waals surface area contributed by atoms with Gasteiger partial charge in [-0.2, -0.15) is 0 Å². The van der Waals surface area contributed by atoms with Gasteiger partial charge in [0.1, 0.15) is 10.3 Å². The second kappa shape index (κ2) is 4.47. The van der Waals surface area contributed by atoms with Crippen LogP contribution in [0.1, 0.15) is 45.6 Å². The van der Waals surface area contributed by atoms with Crippen molar-refractivity contribution in [1.29, 1.82) is 0 Å². The van der Waals surface area contributed by atoms with Crippen LogP contribution < -0.4 is 5.56 Å². The molecule has 1 heterocycles. The van der Waals surface area contributed by atoms with Crippen LogP contribution in [0.15, 0.2) is 9.27 Å². The van der Waals surface area contributed by atoms with Gasteiger partial charge in [-0.1, -0.05) is 34.1 Å². The van der Waals surface area contributed by atoms with Crippen LogP contribution in [0, 0.1) is 0 Å². The van der Waals surface area contributed by atoms with Crippen molar-refractivity contribution in [1.82, 2.24) is 9.97 Å². The molecule has 1 aromatic rings. The van der Waals surface area contributed by atoms with E-state index >= 15 is 0 Å². The second-order valence-corrected chi connectivity index (χ2v) is 5.47. The molecule has 0 amide bonds. The first-order chi connectivity index (χ1) is 6.86. The van der Waals surface area contributed by atoms with Crippen LogP contribution in [-0.2, 0) is 11.8 Å². The third-order valence-corrected chi connectivity index (χ3v) is 2.95. The van der Waals surface area contributed by atoms with Gasteiger partial charge in [0.2, 0.25) is 0 Å². The lowest BCUT2D eigenvalue weighted by molar-refractivity contribution is 0.537. The molecule has 15 heavy (non-hydrogen) atoms. The Labute approximate surface area is 98.5 Å². The highest BCUT2D eigenvalue weighted by Crippen LogP contribution is 2.19. The van der Waals surface area contributed by atoms with Crippen molar-refractivity contribution in [3.05, 3.63) is 26.3 Å². The van der Waals surface area contributed by atoms with Crippen molar-refractivity contribution in [2.24, 2.45) is 0 Å². The maximum absolute atomic E-state index is 11.6. The lowest BCUT2D eigenvalue weighted by Crippen LogP contribution is -2.24. The molecule has 3 nitrogen and oxygen atoms in total. The van der Waals surface area contributed by atoms with Crippen LogP contribution in [0.5, 0.6) is 0 Å². The smallest absolute Gasteiger partial charge is 0.265 e. The number of nitrogens with one attached hydrogen (secondary N) is 1. The molecule has 0 aliphatic heterocycles. The van der Waals surface area contributed by atoms with E-state index < -0.39 is 0 Å². The minimum Gasteiger partial charge on any atom is -0.309 e. The number of hydrogen-bond donors (Lipinski definition) is 1. The van der Waals surface area contributed by atoms with Crippen molar-refractivity contribution >= 4 is 15.9 Å². The zero-order valence-electron chi connectivity index (χ0n) is 9.65. The van der Waals surface area contributed by atoms with Crippen molar-refractivity contribution in [3.8, 4) is 0 Å². The molecule has 0 spiro atoms. The van der Waals surface area contributed by atoms with E-state index in [1.165, 1.54) is 0 Å². The van der Waals surface area contributed by atoms with E-state index in [1.807, 2.05) is 20.8 Å². The molecule has 0 aliphatic rings. The highest BCUT2D eigenvalue weighted by atomic mass is 79.9. The first-order valence-electron chi connectivity index (χ1n) is 5.15. The molecule has 0 unspecified atom stereocenters. The predicted octanol–water partition coefficient (Wildman–Crippen LogP) is 2.78. The fraction of sp³-hybridized carbons (Fsp3) is 0.636. The molecular weight excluding hydrogens is 256 g/mol. The van der Waals surface area contributed by atoms with Gasteiger partial charge in [0.15, 0.2) is 0 Å². The van der Waals surface area contributed by atoms with Gasteiger partial charge in [-0.25, -0.2) is 4.98 Å². The molecule has 4 heteroatoms. The molecular formula is C11H17BrN2O. The Morgan fingerprint density at radius 3 is 2.47 bits per heavy atom. The summed E-state index contributed by atoms with van der Waals surface area (Å²) in [6.07, 6.45) is 1.81. The fourth-order valence-electron chi connectivity index (χ4n) is 1.26. The van der Waals surface area contributed by atoms with Crippen LogP contribution in [0.4, 0.5) is 0 Å². The van der Waals surface area contributed by atoms with E-state index in [9.17, 15) is 4.79 Å². The molecule has 0 aromatic carbocycles. The molecule has 0 saturated heterocycles. The molecule has 0 saturated carbocycles. The molecule has 0 atom stereocenters. The van der Waals surface area contributed by atoms with Crippen LogP contribution in [-0.4, -0.2) is 9.97 Å². The predicted molar refractivity (Wildman–Crippen MR) is 65.3 cm³/mol. The largest absolute Gasteiger partial charge is 0.309 e. The van der Waals surface area contributed by atoms with E-state index in [4.69, 9.17) is 0 Å². The van der Waals surface area contributed by atoms with Gasteiger partial charge >= 0.3 is 0 Å². The van der Waals surface area contributed by atoms with E-state index in [-0.39, 0.29) is 11.0 Å². The average Bonchev–Trinajstić information content (AvgIpc) is 2.11. The third kappa shape index (κ3) is 2.91. The average molecular weight is 273 g/mol. The summed E-state index contributed by atoms with van der Waals surface area (Å²) in [4.78, 5) is 18.9. The number of aryl methyl sites for hydroxylation is 1. The lowest BCUT2D eigenvalue weighted by atomic mass is 9.95. The summed E-state index contributed by atoms with van der Waals surface area (Å²) < 4.78 is 0.567. The van der Waals surface area contributed by atoms with Gasteiger partial charge in [-0.3, -0.25) is 4.79 Å². The number of nitrogens with zero attached hydrogens (tertiary/aromatic N) is 1.